The summed E-state index contributed by atoms with van der Waals surface area (Å²) in [6, 6.07) is 9.61. The van der Waals surface area contributed by atoms with E-state index in [9.17, 15) is 14.4 Å². The first-order chi connectivity index (χ1) is 11.6. The zero-order valence-electron chi connectivity index (χ0n) is 13.1. The minimum Gasteiger partial charge on any atom is -0.356 e. The highest BCUT2D eigenvalue weighted by atomic mass is 35.5. The number of benzene rings is 1. The van der Waals surface area contributed by atoms with E-state index < -0.39 is 0 Å². The van der Waals surface area contributed by atoms with Gasteiger partial charge in [0.2, 0.25) is 5.91 Å². The van der Waals surface area contributed by atoms with Crippen LogP contribution in [0.25, 0.3) is 0 Å². The van der Waals surface area contributed by atoms with E-state index in [0.29, 0.717) is 30.1 Å². The Hall–Kier alpha value is -2.47. The van der Waals surface area contributed by atoms with Crippen LogP contribution < -0.4 is 10.9 Å². The van der Waals surface area contributed by atoms with Crippen molar-refractivity contribution in [1.82, 2.24) is 15.1 Å². The summed E-state index contributed by atoms with van der Waals surface area (Å²) in [5.41, 5.74) is 0.374. The molecule has 1 heterocycles. The third-order valence-electron chi connectivity index (χ3n) is 3.40. The van der Waals surface area contributed by atoms with E-state index in [4.69, 9.17) is 11.6 Å². The molecule has 0 aliphatic rings. The molecule has 0 aliphatic carbocycles. The lowest BCUT2D eigenvalue weighted by Gasteiger charge is -2.06. The standard InChI is InChI=1S/C17H18ClN3O3/c18-14-6-4-13(5-7-14)15(22)8-9-16(23)19-10-2-12-21-17(24)3-1-11-20-21/h1,3-7,11H,2,8-10,12H2,(H,19,23). The second-order valence-corrected chi connectivity index (χ2v) is 5.66. The van der Waals surface area contributed by atoms with E-state index in [1.54, 1.807) is 36.5 Å². The molecule has 0 spiro atoms. The Morgan fingerprint density at radius 1 is 1.12 bits per heavy atom. The van der Waals surface area contributed by atoms with Gasteiger partial charge in [-0.1, -0.05) is 11.6 Å². The lowest BCUT2D eigenvalue weighted by molar-refractivity contribution is -0.121. The predicted molar refractivity (Wildman–Crippen MR) is 91.1 cm³/mol. The van der Waals surface area contributed by atoms with Crippen molar-refractivity contribution in [2.75, 3.05) is 6.54 Å². The summed E-state index contributed by atoms with van der Waals surface area (Å²) in [6.45, 7) is 0.862. The van der Waals surface area contributed by atoms with Crippen LogP contribution in [0.2, 0.25) is 5.02 Å². The molecule has 0 aliphatic heterocycles. The predicted octanol–water partition coefficient (Wildman–Crippen LogP) is 2.07. The molecule has 1 N–H and O–H groups in total. The highest BCUT2D eigenvalue weighted by Gasteiger charge is 2.09. The Morgan fingerprint density at radius 3 is 2.58 bits per heavy atom. The maximum absolute atomic E-state index is 11.9. The molecule has 0 saturated carbocycles. The number of carbonyl (C=O) groups is 2. The maximum Gasteiger partial charge on any atom is 0.266 e. The molecule has 6 nitrogen and oxygen atoms in total. The van der Waals surface area contributed by atoms with Crippen LogP contribution in [-0.2, 0) is 11.3 Å². The van der Waals surface area contributed by atoms with Gasteiger partial charge in [-0.2, -0.15) is 5.10 Å². The number of nitrogens with one attached hydrogen (secondary N) is 1. The number of hydrogen-bond donors (Lipinski definition) is 1. The highest BCUT2D eigenvalue weighted by molar-refractivity contribution is 6.30. The molecule has 7 heteroatoms. The molecule has 24 heavy (non-hydrogen) atoms. The fraction of sp³-hybridized carbons (Fsp3) is 0.294. The zero-order chi connectivity index (χ0) is 17.4. The molecule has 126 valence electrons. The summed E-state index contributed by atoms with van der Waals surface area (Å²) in [6.07, 6.45) is 2.41. The number of carbonyl (C=O) groups excluding carboxylic acids is 2. The van der Waals surface area contributed by atoms with Crippen LogP contribution >= 0.6 is 11.6 Å². The van der Waals surface area contributed by atoms with Gasteiger partial charge in [0.15, 0.2) is 5.78 Å². The van der Waals surface area contributed by atoms with Crippen LogP contribution in [0.15, 0.2) is 47.4 Å². The molecule has 0 saturated heterocycles. The summed E-state index contributed by atoms with van der Waals surface area (Å²) in [5, 5.41) is 7.23. The minimum absolute atomic E-state index is 0.0955. The fourth-order valence-corrected chi connectivity index (χ4v) is 2.23. The van der Waals surface area contributed by atoms with Gasteiger partial charge < -0.3 is 5.32 Å². The Balaban J connectivity index is 1.66. The second-order valence-electron chi connectivity index (χ2n) is 5.22. The van der Waals surface area contributed by atoms with Crippen LogP contribution in [0.1, 0.15) is 29.6 Å². The molecule has 0 bridgehead atoms. The SMILES string of the molecule is O=C(CCC(=O)c1ccc(Cl)cc1)NCCCn1ncccc1=O. The lowest BCUT2D eigenvalue weighted by atomic mass is 10.1. The molecule has 1 aromatic carbocycles. The van der Waals surface area contributed by atoms with Crippen molar-refractivity contribution in [3.8, 4) is 0 Å². The van der Waals surface area contributed by atoms with Gasteiger partial charge in [-0.25, -0.2) is 4.68 Å². The number of amides is 1. The van der Waals surface area contributed by atoms with E-state index in [1.807, 2.05) is 0 Å². The molecule has 0 fully saturated rings. The highest BCUT2D eigenvalue weighted by Crippen LogP contribution is 2.11. The van der Waals surface area contributed by atoms with Crippen molar-refractivity contribution in [3.63, 3.8) is 0 Å². The van der Waals surface area contributed by atoms with Crippen molar-refractivity contribution < 1.29 is 9.59 Å². The van der Waals surface area contributed by atoms with Crippen LogP contribution in [-0.4, -0.2) is 28.0 Å². The van der Waals surface area contributed by atoms with E-state index in [0.717, 1.165) is 0 Å². The molecule has 2 rings (SSSR count). The smallest absolute Gasteiger partial charge is 0.266 e. The Labute approximate surface area is 144 Å². The van der Waals surface area contributed by atoms with Crippen LogP contribution in [0.4, 0.5) is 0 Å². The normalized spacial score (nSPS) is 10.4. The minimum atomic E-state index is -0.189. The number of hydrogen-bond acceptors (Lipinski definition) is 4. The van der Waals surface area contributed by atoms with E-state index in [-0.39, 0.29) is 30.1 Å². The fourth-order valence-electron chi connectivity index (χ4n) is 2.11. The van der Waals surface area contributed by atoms with Crippen molar-refractivity contribution in [2.24, 2.45) is 0 Å². The van der Waals surface area contributed by atoms with Crippen molar-refractivity contribution in [1.29, 1.82) is 0 Å². The maximum atomic E-state index is 11.9. The van der Waals surface area contributed by atoms with Crippen LogP contribution in [0, 0.1) is 0 Å². The van der Waals surface area contributed by atoms with Gasteiger partial charge in [0.25, 0.3) is 5.56 Å². The van der Waals surface area contributed by atoms with E-state index >= 15 is 0 Å². The molecular formula is C17H18ClN3O3. The Kier molecular flexibility index (Phi) is 6.69. The van der Waals surface area contributed by atoms with E-state index in [2.05, 4.69) is 10.4 Å². The number of nitrogens with zero attached hydrogens (tertiary/aromatic N) is 2. The first-order valence-corrected chi connectivity index (χ1v) is 8.01. The molecule has 2 aromatic rings. The van der Waals surface area contributed by atoms with Gasteiger partial charge in [0.05, 0.1) is 0 Å². The van der Waals surface area contributed by atoms with Gasteiger partial charge in [0.1, 0.15) is 0 Å². The largest absolute Gasteiger partial charge is 0.356 e. The number of rotatable bonds is 8. The number of aryl methyl sites for hydroxylation is 1. The molecule has 0 atom stereocenters. The summed E-state index contributed by atoms with van der Waals surface area (Å²) >= 11 is 5.77. The average molecular weight is 348 g/mol. The third-order valence-corrected chi connectivity index (χ3v) is 3.65. The van der Waals surface area contributed by atoms with Gasteiger partial charge >= 0.3 is 0 Å². The van der Waals surface area contributed by atoms with Crippen molar-refractivity contribution >= 4 is 23.3 Å². The number of Topliss-reactive ketones (excluding diaryl/α,β-unsaturated/α-hetero) is 1. The Morgan fingerprint density at radius 2 is 1.88 bits per heavy atom. The molecular weight excluding hydrogens is 330 g/mol. The number of aromatic nitrogens is 2. The monoisotopic (exact) mass is 347 g/mol. The van der Waals surface area contributed by atoms with Gasteiger partial charge in [-0.15, -0.1) is 0 Å². The van der Waals surface area contributed by atoms with E-state index in [1.165, 1.54) is 10.7 Å². The third kappa shape index (κ3) is 5.62. The molecule has 0 unspecified atom stereocenters. The van der Waals surface area contributed by atoms with Gasteiger partial charge in [-0.3, -0.25) is 14.4 Å². The lowest BCUT2D eigenvalue weighted by Crippen LogP contribution is -2.28. The van der Waals surface area contributed by atoms with Crippen LogP contribution in [0.3, 0.4) is 0 Å². The molecule has 1 amide bonds. The first-order valence-electron chi connectivity index (χ1n) is 7.64. The average Bonchev–Trinajstić information content (AvgIpc) is 2.58. The van der Waals surface area contributed by atoms with Gasteiger partial charge in [-0.05, 0) is 36.8 Å². The topological polar surface area (TPSA) is 81.1 Å². The summed E-state index contributed by atoms with van der Waals surface area (Å²) < 4.78 is 1.34. The first kappa shape index (κ1) is 17.9. The quantitative estimate of drug-likeness (QED) is 0.585. The summed E-state index contributed by atoms with van der Waals surface area (Å²) in [4.78, 5) is 35.1. The molecule has 1 aromatic heterocycles. The number of ketones is 1. The van der Waals surface area contributed by atoms with Gasteiger partial charge in [0, 0.05) is 48.8 Å². The summed E-state index contributed by atoms with van der Waals surface area (Å²) in [5.74, 6) is -0.285. The summed E-state index contributed by atoms with van der Waals surface area (Å²) in [7, 11) is 0. The number of halogens is 1. The Bertz CT molecular complexity index is 756. The zero-order valence-corrected chi connectivity index (χ0v) is 13.8. The van der Waals surface area contributed by atoms with Crippen molar-refractivity contribution in [3.05, 3.63) is 63.5 Å². The second kappa shape index (κ2) is 8.98. The molecule has 0 radical (unpaired) electrons. The van der Waals surface area contributed by atoms with Crippen LogP contribution in [0.5, 0.6) is 0 Å². The van der Waals surface area contributed by atoms with Crippen molar-refractivity contribution in [2.45, 2.75) is 25.8 Å².